The number of nitrogen functional groups attached to an aromatic ring is 1. The molecule has 0 unspecified atom stereocenters. The van der Waals surface area contributed by atoms with Gasteiger partial charge in [0.2, 0.25) is 0 Å². The summed E-state index contributed by atoms with van der Waals surface area (Å²) in [5.74, 6) is -1.02. The minimum Gasteiger partial charge on any atom is -0.478 e. The van der Waals surface area contributed by atoms with E-state index >= 15 is 0 Å². The third-order valence-corrected chi connectivity index (χ3v) is 3.70. The van der Waals surface area contributed by atoms with Gasteiger partial charge in [0.25, 0.3) is 0 Å². The van der Waals surface area contributed by atoms with Gasteiger partial charge in [-0.1, -0.05) is 6.07 Å². The van der Waals surface area contributed by atoms with Gasteiger partial charge in [-0.15, -0.1) is 11.8 Å². The molecule has 0 spiro atoms. The van der Waals surface area contributed by atoms with Gasteiger partial charge in [0.1, 0.15) is 0 Å². The molecule has 0 atom stereocenters. The Hall–Kier alpha value is -2.14. The number of hydrogen-bond donors (Lipinski definition) is 3. The first-order chi connectivity index (χ1) is 9.51. The van der Waals surface area contributed by atoms with Crippen molar-refractivity contribution in [3.05, 3.63) is 47.5 Å². The van der Waals surface area contributed by atoms with Gasteiger partial charge in [-0.3, -0.25) is 0 Å². The van der Waals surface area contributed by atoms with E-state index in [-0.39, 0.29) is 5.56 Å². The van der Waals surface area contributed by atoms with E-state index in [1.54, 1.807) is 24.8 Å². The fraction of sp³-hybridized carbons (Fsp3) is 0.133. The van der Waals surface area contributed by atoms with Gasteiger partial charge in [0.05, 0.1) is 5.56 Å². The number of hydrogen-bond acceptors (Lipinski definition) is 4. The molecule has 0 bridgehead atoms. The molecule has 0 aromatic heterocycles. The Kier molecular flexibility index (Phi) is 4.20. The summed E-state index contributed by atoms with van der Waals surface area (Å²) in [5.41, 5.74) is 8.58. The van der Waals surface area contributed by atoms with Gasteiger partial charge < -0.3 is 16.2 Å². The van der Waals surface area contributed by atoms with Crippen molar-refractivity contribution in [1.82, 2.24) is 0 Å². The number of nitrogens with one attached hydrogen (secondary N) is 1. The van der Waals surface area contributed by atoms with Crippen molar-refractivity contribution < 1.29 is 9.90 Å². The molecule has 2 rings (SSSR count). The van der Waals surface area contributed by atoms with Crippen LogP contribution in [0.25, 0.3) is 0 Å². The molecule has 20 heavy (non-hydrogen) atoms. The van der Waals surface area contributed by atoms with Crippen molar-refractivity contribution in [1.29, 1.82) is 0 Å². The molecule has 0 radical (unpaired) electrons. The molecule has 0 aliphatic carbocycles. The summed E-state index contributed by atoms with van der Waals surface area (Å²) in [7, 11) is 0. The summed E-state index contributed by atoms with van der Waals surface area (Å²) < 4.78 is 0. The topological polar surface area (TPSA) is 75.3 Å². The van der Waals surface area contributed by atoms with E-state index in [2.05, 4.69) is 5.32 Å². The molecule has 4 nitrogen and oxygen atoms in total. The molecule has 2 aromatic carbocycles. The zero-order valence-electron chi connectivity index (χ0n) is 11.3. The summed E-state index contributed by atoms with van der Waals surface area (Å²) in [6.45, 7) is 1.80. The predicted molar refractivity (Wildman–Crippen MR) is 84.1 cm³/mol. The van der Waals surface area contributed by atoms with Crippen LogP contribution in [0, 0.1) is 6.92 Å². The van der Waals surface area contributed by atoms with Crippen LogP contribution in [0.4, 0.5) is 17.1 Å². The average Bonchev–Trinajstić information content (AvgIpc) is 2.42. The molecule has 0 heterocycles. The number of anilines is 3. The van der Waals surface area contributed by atoms with Crippen molar-refractivity contribution in [3.63, 3.8) is 0 Å². The molecule has 5 heteroatoms. The number of aryl methyl sites for hydroxylation is 1. The maximum atomic E-state index is 11.2. The van der Waals surface area contributed by atoms with E-state index in [0.29, 0.717) is 11.4 Å². The summed E-state index contributed by atoms with van der Waals surface area (Å²) >= 11 is 1.65. The molecular formula is C15H16N2O2S. The van der Waals surface area contributed by atoms with Crippen molar-refractivity contribution in [3.8, 4) is 0 Å². The van der Waals surface area contributed by atoms with E-state index < -0.39 is 5.97 Å². The van der Waals surface area contributed by atoms with Crippen molar-refractivity contribution in [2.24, 2.45) is 0 Å². The van der Waals surface area contributed by atoms with Crippen LogP contribution in [0.15, 0.2) is 41.3 Å². The number of rotatable bonds is 4. The number of carboxylic acid groups (broad SMARTS) is 1. The van der Waals surface area contributed by atoms with Crippen molar-refractivity contribution in [2.45, 2.75) is 11.8 Å². The van der Waals surface area contributed by atoms with Gasteiger partial charge >= 0.3 is 5.97 Å². The van der Waals surface area contributed by atoms with Gasteiger partial charge in [-0.25, -0.2) is 4.79 Å². The fourth-order valence-corrected chi connectivity index (χ4v) is 2.37. The number of carboxylic acids is 1. The second-order valence-corrected chi connectivity index (χ2v) is 5.30. The lowest BCUT2D eigenvalue weighted by Crippen LogP contribution is -2.05. The lowest BCUT2D eigenvalue weighted by atomic mass is 10.1. The first-order valence-corrected chi connectivity index (χ1v) is 7.28. The predicted octanol–water partition coefficient (Wildman–Crippen LogP) is 3.74. The molecule has 104 valence electrons. The highest BCUT2D eigenvalue weighted by atomic mass is 32.2. The highest BCUT2D eigenvalue weighted by molar-refractivity contribution is 7.98. The molecule has 0 amide bonds. The summed E-state index contributed by atoms with van der Waals surface area (Å²) in [6, 6.07) is 11.3. The Labute approximate surface area is 122 Å². The van der Waals surface area contributed by atoms with Gasteiger partial charge in [0, 0.05) is 22.0 Å². The lowest BCUT2D eigenvalue weighted by molar-refractivity contribution is 0.0698. The number of aromatic carboxylic acids is 1. The first kappa shape index (κ1) is 14.3. The number of nitrogens with two attached hydrogens (primary N) is 1. The van der Waals surface area contributed by atoms with Gasteiger partial charge in [-0.2, -0.15) is 0 Å². The van der Waals surface area contributed by atoms with Crippen LogP contribution >= 0.6 is 11.8 Å². The number of benzene rings is 2. The van der Waals surface area contributed by atoms with Crippen LogP contribution < -0.4 is 11.1 Å². The Bertz CT molecular complexity index is 656. The van der Waals surface area contributed by atoms with E-state index in [1.165, 1.54) is 0 Å². The Morgan fingerprint density at radius 1 is 1.25 bits per heavy atom. The largest absolute Gasteiger partial charge is 0.478 e. The van der Waals surface area contributed by atoms with Crippen LogP contribution in [0.5, 0.6) is 0 Å². The van der Waals surface area contributed by atoms with Crippen LogP contribution in [-0.2, 0) is 0 Å². The Morgan fingerprint density at radius 3 is 2.65 bits per heavy atom. The highest BCUT2D eigenvalue weighted by Crippen LogP contribution is 2.27. The summed E-state index contributed by atoms with van der Waals surface area (Å²) in [5, 5.41) is 12.4. The van der Waals surface area contributed by atoms with Gasteiger partial charge in [0.15, 0.2) is 0 Å². The van der Waals surface area contributed by atoms with Crippen LogP contribution in [0.2, 0.25) is 0 Å². The second-order valence-electron chi connectivity index (χ2n) is 4.42. The second kappa shape index (κ2) is 5.88. The highest BCUT2D eigenvalue weighted by Gasteiger charge is 2.11. The maximum Gasteiger partial charge on any atom is 0.337 e. The summed E-state index contributed by atoms with van der Waals surface area (Å²) in [4.78, 5) is 12.3. The average molecular weight is 288 g/mol. The van der Waals surface area contributed by atoms with Crippen molar-refractivity contribution in [2.75, 3.05) is 17.3 Å². The third-order valence-electron chi connectivity index (χ3n) is 2.98. The van der Waals surface area contributed by atoms with Crippen molar-refractivity contribution >= 4 is 34.8 Å². The zero-order valence-corrected chi connectivity index (χ0v) is 12.1. The minimum absolute atomic E-state index is 0.119. The molecule has 0 fully saturated rings. The normalized spacial score (nSPS) is 10.3. The minimum atomic E-state index is -1.02. The van der Waals surface area contributed by atoms with Crippen LogP contribution in [0.1, 0.15) is 15.9 Å². The Balaban J connectivity index is 2.36. The standard InChI is InChI=1S/C15H16N2O2S/c1-9-6-11(8-13(14(9)16)15(18)19)17-10-4-3-5-12(7-10)20-2/h3-8,17H,16H2,1-2H3,(H,18,19). The van der Waals surface area contributed by atoms with Crippen LogP contribution in [-0.4, -0.2) is 17.3 Å². The fourth-order valence-electron chi connectivity index (χ4n) is 1.91. The third kappa shape index (κ3) is 3.05. The molecule has 4 N–H and O–H groups in total. The maximum absolute atomic E-state index is 11.2. The smallest absolute Gasteiger partial charge is 0.337 e. The van der Waals surface area contributed by atoms with E-state index in [4.69, 9.17) is 10.8 Å². The Morgan fingerprint density at radius 2 is 2.00 bits per heavy atom. The quantitative estimate of drug-likeness (QED) is 0.590. The van der Waals surface area contributed by atoms with E-state index in [0.717, 1.165) is 16.1 Å². The van der Waals surface area contributed by atoms with E-state index in [9.17, 15) is 4.79 Å². The van der Waals surface area contributed by atoms with Crippen LogP contribution in [0.3, 0.4) is 0 Å². The van der Waals surface area contributed by atoms with Gasteiger partial charge in [-0.05, 0) is 49.1 Å². The molecule has 0 aliphatic rings. The number of thioether (sulfide) groups is 1. The molecule has 0 saturated carbocycles. The SMILES string of the molecule is CSc1cccc(Nc2cc(C)c(N)c(C(=O)O)c2)c1. The number of carbonyl (C=O) groups is 1. The summed E-state index contributed by atoms with van der Waals surface area (Å²) in [6.07, 6.45) is 2.01. The molecule has 2 aromatic rings. The van der Waals surface area contributed by atoms with E-state index in [1.807, 2.05) is 36.6 Å². The molecular weight excluding hydrogens is 272 g/mol. The molecule has 0 aliphatic heterocycles. The lowest BCUT2D eigenvalue weighted by Gasteiger charge is -2.12. The first-order valence-electron chi connectivity index (χ1n) is 6.05. The zero-order chi connectivity index (χ0) is 14.7. The molecule has 0 saturated heterocycles. The monoisotopic (exact) mass is 288 g/mol.